The minimum absolute atomic E-state index is 0.149. The normalized spacial score (nSPS) is 10.5. The van der Waals surface area contributed by atoms with Crippen molar-refractivity contribution in [3.8, 4) is 5.75 Å². The van der Waals surface area contributed by atoms with Crippen molar-refractivity contribution in [3.05, 3.63) is 62.3 Å². The Labute approximate surface area is 123 Å². The lowest BCUT2D eigenvalue weighted by Gasteiger charge is -1.99. The van der Waals surface area contributed by atoms with Crippen molar-refractivity contribution in [2.45, 2.75) is 0 Å². The van der Waals surface area contributed by atoms with Gasteiger partial charge >= 0.3 is 5.69 Å². The molecule has 0 amide bonds. The zero-order valence-electron chi connectivity index (χ0n) is 10.9. The number of hydrazone groups is 1. The first-order valence-corrected chi connectivity index (χ1v) is 5.84. The third kappa shape index (κ3) is 3.50. The number of nitrogens with zero attached hydrogens (tertiary/aromatic N) is 4. The van der Waals surface area contributed by atoms with Gasteiger partial charge in [0.05, 0.1) is 16.1 Å². The molecule has 0 aliphatic heterocycles. The molecule has 0 aliphatic rings. The maximum Gasteiger partial charge on any atom is 0.311 e. The number of nitrogens with one attached hydrogen (secondary N) is 1. The van der Waals surface area contributed by atoms with Gasteiger partial charge in [0.2, 0.25) is 0 Å². The molecule has 1 aromatic heterocycles. The number of rotatable bonds is 5. The lowest BCUT2D eigenvalue weighted by molar-refractivity contribution is -0.385. The number of hydrogen-bond acceptors (Lipinski definition) is 8. The highest BCUT2D eigenvalue weighted by molar-refractivity contribution is 5.82. The number of aromatic hydroxyl groups is 1. The van der Waals surface area contributed by atoms with Crippen LogP contribution in [0.1, 0.15) is 5.56 Å². The van der Waals surface area contributed by atoms with Crippen LogP contribution in [-0.2, 0) is 0 Å². The summed E-state index contributed by atoms with van der Waals surface area (Å²) in [6, 6.07) is 6.41. The first kappa shape index (κ1) is 14.8. The van der Waals surface area contributed by atoms with E-state index in [1.165, 1.54) is 30.5 Å². The summed E-state index contributed by atoms with van der Waals surface area (Å²) in [5.74, 6) is -0.165. The lowest BCUT2D eigenvalue weighted by atomic mass is 10.2. The number of hydrogen-bond donors (Lipinski definition) is 2. The molecule has 0 saturated heterocycles. The summed E-state index contributed by atoms with van der Waals surface area (Å²) < 4.78 is 0. The Balaban J connectivity index is 2.08. The van der Waals surface area contributed by atoms with E-state index in [1.807, 2.05) is 0 Å². The van der Waals surface area contributed by atoms with Gasteiger partial charge in [-0.25, -0.2) is 4.98 Å². The molecule has 0 unspecified atom stereocenters. The van der Waals surface area contributed by atoms with Crippen LogP contribution in [0.4, 0.5) is 17.2 Å². The maximum atomic E-state index is 10.7. The highest BCUT2D eigenvalue weighted by Crippen LogP contribution is 2.25. The van der Waals surface area contributed by atoms with Crippen LogP contribution in [-0.4, -0.2) is 26.2 Å². The van der Waals surface area contributed by atoms with Crippen LogP contribution in [0.3, 0.4) is 0 Å². The van der Waals surface area contributed by atoms with Crippen LogP contribution in [0.25, 0.3) is 0 Å². The Morgan fingerprint density at radius 3 is 2.55 bits per heavy atom. The molecule has 2 rings (SSSR count). The zero-order chi connectivity index (χ0) is 16.1. The summed E-state index contributed by atoms with van der Waals surface area (Å²) >= 11 is 0. The number of phenolic OH excluding ortho intramolecular Hbond substituents is 1. The molecule has 0 atom stereocenters. The zero-order valence-corrected chi connectivity index (χ0v) is 10.9. The van der Waals surface area contributed by atoms with E-state index in [0.29, 0.717) is 5.56 Å². The Kier molecular flexibility index (Phi) is 4.22. The predicted molar refractivity (Wildman–Crippen MR) is 76.9 cm³/mol. The lowest BCUT2D eigenvalue weighted by Crippen LogP contribution is -1.95. The molecule has 10 nitrogen and oxygen atoms in total. The van der Waals surface area contributed by atoms with E-state index in [9.17, 15) is 25.3 Å². The first-order chi connectivity index (χ1) is 10.5. The molecular formula is C12H9N5O5. The standard InChI is InChI=1S/C12H9N5O5/c18-11-3-1-8(5-10(11)17(21)22)6-14-15-12-4-2-9(7-13-12)16(19)20/h1-7,18H,(H,13,15)/b14-6+. The number of nitro benzene ring substituents is 1. The van der Waals surface area contributed by atoms with Gasteiger partial charge in [-0.15, -0.1) is 0 Å². The average Bonchev–Trinajstić information content (AvgIpc) is 2.49. The average molecular weight is 303 g/mol. The van der Waals surface area contributed by atoms with Gasteiger partial charge in [-0.2, -0.15) is 5.10 Å². The van der Waals surface area contributed by atoms with E-state index in [-0.39, 0.29) is 11.5 Å². The third-order valence-electron chi connectivity index (χ3n) is 2.55. The van der Waals surface area contributed by atoms with Gasteiger partial charge < -0.3 is 5.11 Å². The van der Waals surface area contributed by atoms with Gasteiger partial charge in [0.1, 0.15) is 12.0 Å². The van der Waals surface area contributed by atoms with Crippen molar-refractivity contribution >= 4 is 23.4 Å². The van der Waals surface area contributed by atoms with Gasteiger partial charge in [0.25, 0.3) is 5.69 Å². The molecule has 1 aromatic carbocycles. The second-order valence-electron chi connectivity index (χ2n) is 4.03. The second kappa shape index (κ2) is 6.26. The molecule has 0 fully saturated rings. The quantitative estimate of drug-likeness (QED) is 0.488. The minimum atomic E-state index is -0.710. The van der Waals surface area contributed by atoms with Crippen LogP contribution in [0.15, 0.2) is 41.6 Å². The highest BCUT2D eigenvalue weighted by Gasteiger charge is 2.12. The van der Waals surface area contributed by atoms with Crippen molar-refractivity contribution in [2.24, 2.45) is 5.10 Å². The number of pyridine rings is 1. The smallest absolute Gasteiger partial charge is 0.311 e. The fourth-order valence-electron chi connectivity index (χ4n) is 1.50. The summed E-state index contributed by atoms with van der Waals surface area (Å²) in [5.41, 5.74) is 2.33. The van der Waals surface area contributed by atoms with Crippen molar-refractivity contribution < 1.29 is 15.0 Å². The molecule has 2 aromatic rings. The maximum absolute atomic E-state index is 10.7. The van der Waals surface area contributed by atoms with E-state index < -0.39 is 21.3 Å². The van der Waals surface area contributed by atoms with Gasteiger partial charge in [0.15, 0.2) is 5.75 Å². The van der Waals surface area contributed by atoms with Gasteiger partial charge in [-0.3, -0.25) is 25.7 Å². The van der Waals surface area contributed by atoms with Gasteiger partial charge in [-0.1, -0.05) is 0 Å². The molecule has 112 valence electrons. The topological polar surface area (TPSA) is 144 Å². The molecule has 2 N–H and O–H groups in total. The summed E-state index contributed by atoms with van der Waals surface area (Å²) in [7, 11) is 0. The molecule has 0 bridgehead atoms. The van der Waals surface area contributed by atoms with Crippen molar-refractivity contribution in [1.29, 1.82) is 0 Å². The van der Waals surface area contributed by atoms with Crippen LogP contribution in [0, 0.1) is 20.2 Å². The predicted octanol–water partition coefficient (Wildman–Crippen LogP) is 2.05. The largest absolute Gasteiger partial charge is 0.502 e. The van der Waals surface area contributed by atoms with E-state index >= 15 is 0 Å². The van der Waals surface area contributed by atoms with Gasteiger partial charge in [0, 0.05) is 17.7 Å². The molecule has 0 aliphatic carbocycles. The molecule has 0 radical (unpaired) electrons. The summed E-state index contributed by atoms with van der Waals surface area (Å²) in [4.78, 5) is 23.6. The molecule has 0 spiro atoms. The number of nitro groups is 2. The second-order valence-corrected chi connectivity index (χ2v) is 4.03. The van der Waals surface area contributed by atoms with E-state index in [4.69, 9.17) is 0 Å². The van der Waals surface area contributed by atoms with Crippen molar-refractivity contribution in [1.82, 2.24) is 4.98 Å². The molecule has 10 heteroatoms. The number of anilines is 1. The van der Waals surface area contributed by atoms with Gasteiger partial charge in [-0.05, 0) is 18.2 Å². The van der Waals surface area contributed by atoms with Crippen molar-refractivity contribution in [3.63, 3.8) is 0 Å². The molecular weight excluding hydrogens is 294 g/mol. The van der Waals surface area contributed by atoms with E-state index in [0.717, 1.165) is 12.3 Å². The Morgan fingerprint density at radius 2 is 1.95 bits per heavy atom. The van der Waals surface area contributed by atoms with Crippen LogP contribution in [0.2, 0.25) is 0 Å². The monoisotopic (exact) mass is 303 g/mol. The summed E-state index contributed by atoms with van der Waals surface area (Å²) in [6.45, 7) is 0. The fraction of sp³-hybridized carbons (Fsp3) is 0. The van der Waals surface area contributed by atoms with Crippen LogP contribution < -0.4 is 5.43 Å². The number of phenols is 1. The highest BCUT2D eigenvalue weighted by atomic mass is 16.6. The first-order valence-electron chi connectivity index (χ1n) is 5.84. The molecule has 0 saturated carbocycles. The van der Waals surface area contributed by atoms with Crippen LogP contribution in [0.5, 0.6) is 5.75 Å². The summed E-state index contributed by atoms with van der Waals surface area (Å²) in [5, 5.41) is 34.3. The molecule has 1 heterocycles. The Bertz CT molecular complexity index is 744. The third-order valence-corrected chi connectivity index (χ3v) is 2.55. The van der Waals surface area contributed by atoms with Crippen molar-refractivity contribution in [2.75, 3.05) is 5.43 Å². The Hall–Kier alpha value is -3.56. The Morgan fingerprint density at radius 1 is 1.18 bits per heavy atom. The fourth-order valence-corrected chi connectivity index (χ4v) is 1.50. The molecule has 22 heavy (non-hydrogen) atoms. The minimum Gasteiger partial charge on any atom is -0.502 e. The summed E-state index contributed by atoms with van der Waals surface area (Å²) in [6.07, 6.45) is 2.36. The van der Waals surface area contributed by atoms with E-state index in [2.05, 4.69) is 15.5 Å². The van der Waals surface area contributed by atoms with Crippen LogP contribution >= 0.6 is 0 Å². The SMILES string of the molecule is O=[N+]([O-])c1ccc(N/N=C/c2ccc(O)c([N+](=O)[O-])c2)nc1. The number of aromatic nitrogens is 1. The van der Waals surface area contributed by atoms with E-state index in [1.54, 1.807) is 0 Å². The number of benzene rings is 1.